The number of aliphatic imine (C=N–C) groups is 1. The number of thiophene rings is 1. The van der Waals surface area contributed by atoms with Crippen LogP contribution in [-0.4, -0.2) is 45.2 Å². The third kappa shape index (κ3) is 9.25. The third-order valence-electron chi connectivity index (χ3n) is 4.12. The molecule has 0 aliphatic rings. The van der Waals surface area contributed by atoms with Crippen LogP contribution in [0.3, 0.4) is 0 Å². The Labute approximate surface area is 190 Å². The highest BCUT2D eigenvalue weighted by Gasteiger charge is 2.02. The van der Waals surface area contributed by atoms with Crippen LogP contribution in [0, 0.1) is 0 Å². The molecule has 0 aliphatic heterocycles. The van der Waals surface area contributed by atoms with Gasteiger partial charge >= 0.3 is 0 Å². The first-order valence-electron chi connectivity index (χ1n) is 9.49. The van der Waals surface area contributed by atoms with Gasteiger partial charge in [0, 0.05) is 29.9 Å². The molecule has 0 bridgehead atoms. The van der Waals surface area contributed by atoms with Gasteiger partial charge in [-0.25, -0.2) is 0 Å². The lowest BCUT2D eigenvalue weighted by molar-refractivity contribution is 0.281. The van der Waals surface area contributed by atoms with E-state index < -0.39 is 0 Å². The number of benzene rings is 1. The molecule has 7 heteroatoms. The number of rotatable bonds is 10. The SMILES string of the molecule is CCc1ccc(CNC(=NC)NCc2ccc(OCCCN(C)C)cc2)s1.I. The molecule has 2 aromatic rings. The molecular weight excluding hydrogens is 483 g/mol. The normalized spacial score (nSPS) is 11.2. The van der Waals surface area contributed by atoms with Crippen molar-refractivity contribution in [2.45, 2.75) is 32.9 Å². The topological polar surface area (TPSA) is 48.9 Å². The van der Waals surface area contributed by atoms with E-state index in [1.807, 2.05) is 23.5 Å². The van der Waals surface area contributed by atoms with E-state index in [0.717, 1.165) is 50.8 Å². The Bertz CT molecular complexity index is 701. The van der Waals surface area contributed by atoms with E-state index in [0.29, 0.717) is 0 Å². The van der Waals surface area contributed by atoms with Gasteiger partial charge in [-0.15, -0.1) is 35.3 Å². The van der Waals surface area contributed by atoms with Crippen LogP contribution in [0.2, 0.25) is 0 Å². The first-order valence-corrected chi connectivity index (χ1v) is 10.3. The molecule has 0 saturated heterocycles. The van der Waals surface area contributed by atoms with Crippen molar-refractivity contribution < 1.29 is 4.74 Å². The molecule has 1 aromatic heterocycles. The van der Waals surface area contributed by atoms with E-state index >= 15 is 0 Å². The number of hydrogen-bond acceptors (Lipinski definition) is 4. The van der Waals surface area contributed by atoms with E-state index in [-0.39, 0.29) is 24.0 Å². The first kappa shape index (κ1) is 24.7. The number of aryl methyl sites for hydroxylation is 1. The molecule has 2 rings (SSSR count). The van der Waals surface area contributed by atoms with Crippen LogP contribution < -0.4 is 15.4 Å². The predicted octanol–water partition coefficient (Wildman–Crippen LogP) is 4.12. The van der Waals surface area contributed by atoms with Crippen molar-refractivity contribution in [1.82, 2.24) is 15.5 Å². The number of nitrogens with zero attached hydrogens (tertiary/aromatic N) is 2. The summed E-state index contributed by atoms with van der Waals surface area (Å²) in [5.41, 5.74) is 1.20. The summed E-state index contributed by atoms with van der Waals surface area (Å²) in [6, 6.07) is 12.6. The van der Waals surface area contributed by atoms with Crippen LogP contribution >= 0.6 is 35.3 Å². The zero-order chi connectivity index (χ0) is 19.5. The predicted molar refractivity (Wildman–Crippen MR) is 131 cm³/mol. The van der Waals surface area contributed by atoms with Gasteiger partial charge in [-0.3, -0.25) is 4.99 Å². The van der Waals surface area contributed by atoms with E-state index in [1.54, 1.807) is 7.05 Å². The van der Waals surface area contributed by atoms with E-state index in [9.17, 15) is 0 Å². The van der Waals surface area contributed by atoms with Crippen molar-refractivity contribution in [3.05, 3.63) is 51.7 Å². The average molecular weight is 516 g/mol. The van der Waals surface area contributed by atoms with Gasteiger partial charge in [0.05, 0.1) is 13.2 Å². The molecule has 0 unspecified atom stereocenters. The molecule has 0 amide bonds. The molecule has 28 heavy (non-hydrogen) atoms. The number of ether oxygens (including phenoxy) is 1. The molecule has 0 saturated carbocycles. The number of nitrogens with one attached hydrogen (secondary N) is 2. The summed E-state index contributed by atoms with van der Waals surface area (Å²) >= 11 is 1.85. The minimum Gasteiger partial charge on any atom is -0.494 e. The lowest BCUT2D eigenvalue weighted by atomic mass is 10.2. The summed E-state index contributed by atoms with van der Waals surface area (Å²) in [4.78, 5) is 9.20. The third-order valence-corrected chi connectivity index (χ3v) is 5.35. The summed E-state index contributed by atoms with van der Waals surface area (Å²) in [5, 5.41) is 6.73. The van der Waals surface area contributed by atoms with Crippen LogP contribution in [0.4, 0.5) is 0 Å². The second kappa shape index (κ2) is 13.8. The number of hydrogen-bond donors (Lipinski definition) is 2. The largest absolute Gasteiger partial charge is 0.494 e. The zero-order valence-corrected chi connectivity index (χ0v) is 20.5. The summed E-state index contributed by atoms with van der Waals surface area (Å²) in [7, 11) is 5.95. The highest BCUT2D eigenvalue weighted by atomic mass is 127. The minimum absolute atomic E-state index is 0. The second-order valence-electron chi connectivity index (χ2n) is 6.65. The fourth-order valence-corrected chi connectivity index (χ4v) is 3.46. The standard InChI is InChI=1S/C21H32N4OS.HI/c1-5-19-11-12-20(27-19)16-24-21(22-2)23-15-17-7-9-18(10-8-17)26-14-6-13-25(3)4;/h7-12H,5-6,13-16H2,1-4H3,(H2,22,23,24);1H. The Balaban J connectivity index is 0.00000392. The molecule has 0 radical (unpaired) electrons. The maximum atomic E-state index is 5.77. The molecule has 0 fully saturated rings. The van der Waals surface area contributed by atoms with Gasteiger partial charge in [-0.2, -0.15) is 0 Å². The zero-order valence-electron chi connectivity index (χ0n) is 17.3. The van der Waals surface area contributed by atoms with Crippen LogP contribution in [0.5, 0.6) is 5.75 Å². The molecule has 0 aliphatic carbocycles. The van der Waals surface area contributed by atoms with Crippen molar-refractivity contribution in [1.29, 1.82) is 0 Å². The van der Waals surface area contributed by atoms with Crippen LogP contribution in [-0.2, 0) is 19.5 Å². The van der Waals surface area contributed by atoms with E-state index in [2.05, 4.69) is 65.8 Å². The van der Waals surface area contributed by atoms with Crippen LogP contribution in [0.1, 0.15) is 28.7 Å². The number of halogens is 1. The summed E-state index contributed by atoms with van der Waals surface area (Å²) in [6.45, 7) is 5.49. The molecule has 156 valence electrons. The summed E-state index contributed by atoms with van der Waals surface area (Å²) in [5.74, 6) is 1.73. The van der Waals surface area contributed by atoms with Crippen molar-refractivity contribution in [3.8, 4) is 5.75 Å². The lowest BCUT2D eigenvalue weighted by Crippen LogP contribution is -2.36. The van der Waals surface area contributed by atoms with Crippen molar-refractivity contribution in [2.24, 2.45) is 4.99 Å². The van der Waals surface area contributed by atoms with Gasteiger partial charge in [0.2, 0.25) is 0 Å². The molecular formula is C21H33IN4OS. The van der Waals surface area contributed by atoms with Crippen LogP contribution in [0.25, 0.3) is 0 Å². The Kier molecular flexibility index (Phi) is 12.2. The van der Waals surface area contributed by atoms with Crippen molar-refractivity contribution in [2.75, 3.05) is 34.3 Å². The van der Waals surface area contributed by atoms with Gasteiger partial charge in [-0.05, 0) is 56.8 Å². The molecule has 1 aromatic carbocycles. The van der Waals surface area contributed by atoms with Gasteiger partial charge in [0.15, 0.2) is 5.96 Å². The fraction of sp³-hybridized carbons (Fsp3) is 0.476. The maximum Gasteiger partial charge on any atom is 0.191 e. The van der Waals surface area contributed by atoms with E-state index in [4.69, 9.17) is 4.74 Å². The molecule has 5 nitrogen and oxygen atoms in total. The Morgan fingerprint density at radius 1 is 1.04 bits per heavy atom. The van der Waals surface area contributed by atoms with Gasteiger partial charge in [-0.1, -0.05) is 19.1 Å². The molecule has 0 spiro atoms. The fourth-order valence-electron chi connectivity index (χ4n) is 2.56. The van der Waals surface area contributed by atoms with Gasteiger partial charge in [0.1, 0.15) is 5.75 Å². The minimum atomic E-state index is 0. The second-order valence-corrected chi connectivity index (χ2v) is 7.90. The molecule has 0 atom stereocenters. The van der Waals surface area contributed by atoms with Crippen molar-refractivity contribution >= 4 is 41.3 Å². The summed E-state index contributed by atoms with van der Waals surface area (Å²) < 4.78 is 5.77. The van der Waals surface area contributed by atoms with Crippen LogP contribution in [0.15, 0.2) is 41.4 Å². The highest BCUT2D eigenvalue weighted by molar-refractivity contribution is 14.0. The average Bonchev–Trinajstić information content (AvgIpc) is 3.14. The highest BCUT2D eigenvalue weighted by Crippen LogP contribution is 2.16. The number of guanidine groups is 1. The Morgan fingerprint density at radius 2 is 1.71 bits per heavy atom. The smallest absolute Gasteiger partial charge is 0.191 e. The maximum absolute atomic E-state index is 5.77. The quantitative estimate of drug-likeness (QED) is 0.216. The van der Waals surface area contributed by atoms with Crippen molar-refractivity contribution in [3.63, 3.8) is 0 Å². The van der Waals surface area contributed by atoms with Gasteiger partial charge in [0.25, 0.3) is 0 Å². The van der Waals surface area contributed by atoms with E-state index in [1.165, 1.54) is 15.3 Å². The molecule has 2 N–H and O–H groups in total. The van der Waals surface area contributed by atoms with Gasteiger partial charge < -0.3 is 20.3 Å². The Hall–Kier alpha value is -1.32. The lowest BCUT2D eigenvalue weighted by Gasteiger charge is -2.12. The Morgan fingerprint density at radius 3 is 2.32 bits per heavy atom. The monoisotopic (exact) mass is 516 g/mol. The molecule has 1 heterocycles. The first-order chi connectivity index (χ1) is 13.1. The summed E-state index contributed by atoms with van der Waals surface area (Å²) in [6.07, 6.45) is 2.12.